The van der Waals surface area contributed by atoms with Crippen LogP contribution in [0, 0.1) is 11.7 Å². The lowest BCUT2D eigenvalue weighted by atomic mass is 9.95. The van der Waals surface area contributed by atoms with Crippen LogP contribution in [0.15, 0.2) is 35.4 Å². The molecular formula is C22H22F3N5O. The first-order chi connectivity index (χ1) is 14.8. The summed E-state index contributed by atoms with van der Waals surface area (Å²) in [4.78, 5) is 21.6. The molecule has 31 heavy (non-hydrogen) atoms. The fourth-order valence-electron chi connectivity index (χ4n) is 4.85. The van der Waals surface area contributed by atoms with Gasteiger partial charge >= 0.3 is 0 Å². The fraction of sp³-hybridized carbons (Fsp3) is 0.409. The van der Waals surface area contributed by atoms with Crippen molar-refractivity contribution in [3.05, 3.63) is 63.5 Å². The van der Waals surface area contributed by atoms with Crippen molar-refractivity contribution in [2.24, 2.45) is 13.0 Å². The molecule has 0 amide bonds. The third-order valence-electron chi connectivity index (χ3n) is 6.72. The number of fused-ring (bicyclic) bond motifs is 2. The second kappa shape index (κ2) is 7.05. The molecule has 2 N–H and O–H groups in total. The predicted molar refractivity (Wildman–Crippen MR) is 111 cm³/mol. The Morgan fingerprint density at radius 1 is 1.29 bits per heavy atom. The molecule has 1 saturated carbocycles. The van der Waals surface area contributed by atoms with Gasteiger partial charge in [-0.25, -0.2) is 23.1 Å². The molecule has 0 spiro atoms. The van der Waals surface area contributed by atoms with Gasteiger partial charge in [0, 0.05) is 30.1 Å². The SMILES string of the molecule is CC(Nc1ncnc2c1cc(C13CNCC1C3)c(=O)n2C)c1cccc(C(F)F)c1F. The van der Waals surface area contributed by atoms with E-state index in [0.29, 0.717) is 22.8 Å². The van der Waals surface area contributed by atoms with Gasteiger partial charge < -0.3 is 10.6 Å². The van der Waals surface area contributed by atoms with Gasteiger partial charge in [-0.2, -0.15) is 0 Å². The lowest BCUT2D eigenvalue weighted by molar-refractivity contribution is 0.146. The Morgan fingerprint density at radius 3 is 2.74 bits per heavy atom. The maximum Gasteiger partial charge on any atom is 0.266 e. The zero-order chi connectivity index (χ0) is 21.9. The summed E-state index contributed by atoms with van der Waals surface area (Å²) in [5, 5.41) is 7.12. The van der Waals surface area contributed by atoms with Gasteiger partial charge in [-0.05, 0) is 31.9 Å². The maximum atomic E-state index is 14.6. The van der Waals surface area contributed by atoms with Crippen molar-refractivity contribution in [1.29, 1.82) is 0 Å². The molecule has 3 aromatic rings. The summed E-state index contributed by atoms with van der Waals surface area (Å²) in [6.45, 7) is 3.34. The van der Waals surface area contributed by atoms with Crippen molar-refractivity contribution in [1.82, 2.24) is 19.9 Å². The summed E-state index contributed by atoms with van der Waals surface area (Å²) < 4.78 is 42.3. The average molecular weight is 429 g/mol. The first-order valence-electron chi connectivity index (χ1n) is 10.2. The summed E-state index contributed by atoms with van der Waals surface area (Å²) in [7, 11) is 1.68. The molecule has 6 nitrogen and oxygen atoms in total. The molecule has 0 radical (unpaired) electrons. The molecule has 2 aromatic heterocycles. The number of piperidine rings is 1. The zero-order valence-corrected chi connectivity index (χ0v) is 17.1. The van der Waals surface area contributed by atoms with Crippen LogP contribution in [0.4, 0.5) is 19.0 Å². The van der Waals surface area contributed by atoms with E-state index in [-0.39, 0.29) is 16.5 Å². The maximum absolute atomic E-state index is 14.6. The third kappa shape index (κ3) is 3.02. The van der Waals surface area contributed by atoms with Gasteiger partial charge in [0.2, 0.25) is 0 Å². The van der Waals surface area contributed by atoms with E-state index in [9.17, 15) is 18.0 Å². The van der Waals surface area contributed by atoms with E-state index in [2.05, 4.69) is 20.6 Å². The molecule has 1 aliphatic carbocycles. The topological polar surface area (TPSA) is 71.8 Å². The van der Waals surface area contributed by atoms with Crippen LogP contribution in [-0.4, -0.2) is 27.6 Å². The molecule has 1 aromatic carbocycles. The van der Waals surface area contributed by atoms with E-state index in [0.717, 1.165) is 31.1 Å². The Hall–Kier alpha value is -2.94. The van der Waals surface area contributed by atoms with Gasteiger partial charge in [0.15, 0.2) is 0 Å². The number of rotatable bonds is 5. The van der Waals surface area contributed by atoms with Gasteiger partial charge in [-0.15, -0.1) is 0 Å². The Morgan fingerprint density at radius 2 is 2.06 bits per heavy atom. The second-order valence-corrected chi connectivity index (χ2v) is 8.49. The fourth-order valence-corrected chi connectivity index (χ4v) is 4.85. The van der Waals surface area contributed by atoms with Crippen LogP contribution < -0.4 is 16.2 Å². The molecule has 2 aliphatic rings. The number of hydrogen-bond donors (Lipinski definition) is 2. The number of aromatic nitrogens is 3. The number of aryl methyl sites for hydroxylation is 1. The van der Waals surface area contributed by atoms with Crippen LogP contribution in [0.25, 0.3) is 11.0 Å². The van der Waals surface area contributed by atoms with Crippen LogP contribution in [0.5, 0.6) is 0 Å². The van der Waals surface area contributed by atoms with Crippen molar-refractivity contribution in [3.63, 3.8) is 0 Å². The van der Waals surface area contributed by atoms with Gasteiger partial charge in [0.05, 0.1) is 17.0 Å². The first kappa shape index (κ1) is 20.0. The third-order valence-corrected chi connectivity index (χ3v) is 6.72. The minimum absolute atomic E-state index is 0.0768. The second-order valence-electron chi connectivity index (χ2n) is 8.49. The van der Waals surface area contributed by atoms with E-state index in [1.165, 1.54) is 23.0 Å². The van der Waals surface area contributed by atoms with E-state index in [1.54, 1.807) is 14.0 Å². The molecular weight excluding hydrogens is 407 g/mol. The van der Waals surface area contributed by atoms with Crippen molar-refractivity contribution >= 4 is 16.9 Å². The van der Waals surface area contributed by atoms with Gasteiger partial charge in [0.1, 0.15) is 23.6 Å². The van der Waals surface area contributed by atoms with Gasteiger partial charge in [-0.3, -0.25) is 9.36 Å². The van der Waals surface area contributed by atoms with E-state index >= 15 is 0 Å². The van der Waals surface area contributed by atoms with Crippen molar-refractivity contribution < 1.29 is 13.2 Å². The largest absolute Gasteiger partial charge is 0.363 e. The van der Waals surface area contributed by atoms with E-state index < -0.39 is 23.8 Å². The van der Waals surface area contributed by atoms with E-state index in [1.807, 2.05) is 6.07 Å². The molecule has 162 valence electrons. The highest BCUT2D eigenvalue weighted by Crippen LogP contribution is 2.55. The highest BCUT2D eigenvalue weighted by atomic mass is 19.3. The van der Waals surface area contributed by atoms with Crippen LogP contribution in [0.1, 0.15) is 42.5 Å². The van der Waals surface area contributed by atoms with Gasteiger partial charge in [0.25, 0.3) is 12.0 Å². The predicted octanol–water partition coefficient (Wildman–Crippen LogP) is 3.44. The number of benzene rings is 1. The summed E-state index contributed by atoms with van der Waals surface area (Å²) in [6.07, 6.45) is -0.591. The Kier molecular flexibility index (Phi) is 4.55. The molecule has 1 saturated heterocycles. The van der Waals surface area contributed by atoms with Crippen LogP contribution in [0.3, 0.4) is 0 Å². The molecule has 3 heterocycles. The molecule has 2 fully saturated rings. The minimum atomic E-state index is -2.89. The number of halogens is 3. The normalized spacial score (nSPS) is 23.2. The smallest absolute Gasteiger partial charge is 0.266 e. The number of nitrogens with one attached hydrogen (secondary N) is 2. The highest BCUT2D eigenvalue weighted by Gasteiger charge is 2.59. The van der Waals surface area contributed by atoms with Crippen molar-refractivity contribution in [2.45, 2.75) is 31.2 Å². The summed E-state index contributed by atoms with van der Waals surface area (Å²) >= 11 is 0. The number of hydrogen-bond acceptors (Lipinski definition) is 5. The average Bonchev–Trinajstić information content (AvgIpc) is 3.30. The van der Waals surface area contributed by atoms with Gasteiger partial charge in [-0.1, -0.05) is 18.2 Å². The van der Waals surface area contributed by atoms with Crippen LogP contribution in [0.2, 0.25) is 0 Å². The quantitative estimate of drug-likeness (QED) is 0.650. The van der Waals surface area contributed by atoms with Crippen LogP contribution >= 0.6 is 0 Å². The lowest BCUT2D eigenvalue weighted by Gasteiger charge is -2.20. The molecule has 5 rings (SSSR count). The standard InChI is InChI=1S/C22H22F3N5O/c1-11(13-4-3-5-14(17(13)23)18(24)25)29-19-15-6-16(22-7-12(22)8-26-9-22)21(31)30(2)20(15)28-10-27-19/h3-6,10-12,18,26H,7-9H2,1-2H3,(H,27,28,29). The number of nitrogens with zero attached hydrogens (tertiary/aromatic N) is 3. The Bertz CT molecular complexity index is 1240. The zero-order valence-electron chi connectivity index (χ0n) is 17.1. The molecule has 3 unspecified atom stereocenters. The monoisotopic (exact) mass is 429 g/mol. The summed E-state index contributed by atoms with van der Waals surface area (Å²) in [5.74, 6) is -0.0553. The van der Waals surface area contributed by atoms with Crippen molar-refractivity contribution in [2.75, 3.05) is 18.4 Å². The van der Waals surface area contributed by atoms with Crippen LogP contribution in [-0.2, 0) is 12.5 Å². The van der Waals surface area contributed by atoms with Crippen molar-refractivity contribution in [3.8, 4) is 0 Å². The molecule has 3 atom stereocenters. The first-order valence-corrected chi connectivity index (χ1v) is 10.2. The Balaban J connectivity index is 1.58. The van der Waals surface area contributed by atoms with E-state index in [4.69, 9.17) is 0 Å². The summed E-state index contributed by atoms with van der Waals surface area (Å²) in [5.41, 5.74) is 0.451. The lowest BCUT2D eigenvalue weighted by Crippen LogP contribution is -2.30. The Labute approximate surface area is 176 Å². The highest BCUT2D eigenvalue weighted by molar-refractivity contribution is 5.87. The summed E-state index contributed by atoms with van der Waals surface area (Å²) in [6, 6.07) is 5.18. The molecule has 1 aliphatic heterocycles. The molecule has 0 bridgehead atoms. The number of alkyl halides is 2. The minimum Gasteiger partial charge on any atom is -0.363 e. The number of pyridine rings is 1. The molecule has 9 heteroatoms. The number of anilines is 1.